The summed E-state index contributed by atoms with van der Waals surface area (Å²) in [6, 6.07) is 0. The van der Waals surface area contributed by atoms with E-state index in [0.717, 1.165) is 5.01 Å². The molecule has 20 heavy (non-hydrogen) atoms. The van der Waals surface area contributed by atoms with Crippen molar-refractivity contribution in [3.8, 4) is 0 Å². The number of nitrogens with zero attached hydrogens (tertiary/aromatic N) is 3. The Balaban J connectivity index is 2.29. The molecule has 0 bridgehead atoms. The third-order valence-corrected chi connectivity index (χ3v) is 2.31. The summed E-state index contributed by atoms with van der Waals surface area (Å²) in [5.41, 5.74) is 0. The predicted octanol–water partition coefficient (Wildman–Crippen LogP) is 0.720. The van der Waals surface area contributed by atoms with E-state index in [1.165, 1.54) is 6.92 Å². The number of carboxylic acid groups (broad SMARTS) is 1. The zero-order valence-electron chi connectivity index (χ0n) is 11.4. The molecule has 10 heteroatoms. The fourth-order valence-corrected chi connectivity index (χ4v) is 1.29. The maximum atomic E-state index is 11.3. The number of carboxylic acids is 1. The molecule has 0 aromatic heterocycles. The molecule has 10 nitrogen and oxygen atoms in total. The van der Waals surface area contributed by atoms with Gasteiger partial charge in [-0.1, -0.05) is 0 Å². The topological polar surface area (TPSA) is 124 Å². The van der Waals surface area contributed by atoms with Crippen LogP contribution in [-0.2, 0) is 19.1 Å². The number of hydrogen-bond donors (Lipinski definition) is 1. The molecule has 0 radical (unpaired) electrons. The van der Waals surface area contributed by atoms with E-state index in [-0.39, 0.29) is 24.2 Å². The van der Waals surface area contributed by atoms with Crippen molar-refractivity contribution in [1.29, 1.82) is 0 Å². The maximum absolute atomic E-state index is 11.3. The van der Waals surface area contributed by atoms with Crippen LogP contribution in [0.3, 0.4) is 0 Å². The van der Waals surface area contributed by atoms with E-state index in [0.29, 0.717) is 0 Å². The highest BCUT2D eigenvalue weighted by atomic mass is 16.8. The maximum Gasteiger partial charge on any atom is 0.511 e. The highest BCUT2D eigenvalue weighted by molar-refractivity contribution is 5.71. The molecule has 0 spiro atoms. The van der Waals surface area contributed by atoms with Crippen LogP contribution in [-0.4, -0.2) is 52.7 Å². The van der Waals surface area contributed by atoms with Gasteiger partial charge in [0.2, 0.25) is 5.28 Å². The number of rotatable bonds is 6. The van der Waals surface area contributed by atoms with E-state index in [9.17, 15) is 14.8 Å². The number of ether oxygens (including phenoxy) is 2. The standard InChI is InChI=1S/C10H17N3O7/c1-6(2)18-10(16)19-7(3)20-11-13(17)12-4-8(5-12)9(14)15/h6-8H,4-5H2,1-3H3,(H,14,15)/b13-11-. The summed E-state index contributed by atoms with van der Waals surface area (Å²) < 4.78 is 9.34. The Morgan fingerprint density at radius 3 is 2.45 bits per heavy atom. The Morgan fingerprint density at radius 1 is 1.35 bits per heavy atom. The SMILES string of the molecule is CC(C)OC(=O)OC(C)O/N=[N+](\[O-])N1CC(C(=O)O)C1. The Bertz CT molecular complexity index is 392. The van der Waals surface area contributed by atoms with Gasteiger partial charge in [0, 0.05) is 6.92 Å². The molecule has 0 aromatic rings. The summed E-state index contributed by atoms with van der Waals surface area (Å²) in [6.07, 6.45) is -2.37. The Hall–Kier alpha value is -2.26. The van der Waals surface area contributed by atoms with Crippen LogP contribution in [0.1, 0.15) is 20.8 Å². The molecule has 1 saturated heterocycles. The van der Waals surface area contributed by atoms with E-state index >= 15 is 0 Å². The summed E-state index contributed by atoms with van der Waals surface area (Å²) in [6.45, 7) is 4.76. The van der Waals surface area contributed by atoms with Crippen LogP contribution in [0.15, 0.2) is 5.28 Å². The minimum absolute atomic E-state index is 0.0519. The molecule has 0 saturated carbocycles. The lowest BCUT2D eigenvalue weighted by molar-refractivity contribution is -0.727. The lowest BCUT2D eigenvalue weighted by Crippen LogP contribution is -2.53. The first-order valence-corrected chi connectivity index (χ1v) is 5.98. The summed E-state index contributed by atoms with van der Waals surface area (Å²) in [4.78, 5) is 26.4. The van der Waals surface area contributed by atoms with Gasteiger partial charge in [-0.25, -0.2) is 4.79 Å². The number of carbonyl (C=O) groups excluding carboxylic acids is 1. The lowest BCUT2D eigenvalue weighted by atomic mass is 10.0. The van der Waals surface area contributed by atoms with Crippen LogP contribution < -0.4 is 0 Å². The van der Waals surface area contributed by atoms with Gasteiger partial charge < -0.3 is 19.8 Å². The van der Waals surface area contributed by atoms with Crippen molar-refractivity contribution in [1.82, 2.24) is 5.01 Å². The van der Waals surface area contributed by atoms with Crippen molar-refractivity contribution in [2.45, 2.75) is 33.2 Å². The van der Waals surface area contributed by atoms with E-state index in [1.807, 2.05) is 0 Å². The van der Waals surface area contributed by atoms with Gasteiger partial charge in [0.25, 0.3) is 6.29 Å². The first-order chi connectivity index (χ1) is 9.29. The van der Waals surface area contributed by atoms with Gasteiger partial charge in [0.1, 0.15) is 5.92 Å². The van der Waals surface area contributed by atoms with Gasteiger partial charge in [-0.15, -0.1) is 5.01 Å². The molecule has 0 aromatic carbocycles. The zero-order valence-corrected chi connectivity index (χ0v) is 11.4. The van der Waals surface area contributed by atoms with Crippen LogP contribution in [0.5, 0.6) is 0 Å². The molecule has 1 rings (SSSR count). The van der Waals surface area contributed by atoms with Crippen molar-refractivity contribution < 1.29 is 34.0 Å². The predicted molar refractivity (Wildman–Crippen MR) is 62.0 cm³/mol. The molecule has 1 aliphatic rings. The summed E-state index contributed by atoms with van der Waals surface area (Å²) >= 11 is 0. The van der Waals surface area contributed by atoms with Crippen molar-refractivity contribution in [3.05, 3.63) is 5.21 Å². The van der Waals surface area contributed by atoms with E-state index in [1.54, 1.807) is 13.8 Å². The van der Waals surface area contributed by atoms with Crippen molar-refractivity contribution in [3.63, 3.8) is 0 Å². The molecule has 1 N–H and O–H groups in total. The zero-order chi connectivity index (χ0) is 15.3. The van der Waals surface area contributed by atoms with Gasteiger partial charge in [-0.3, -0.25) is 9.63 Å². The Kier molecular flexibility index (Phi) is 5.35. The van der Waals surface area contributed by atoms with Crippen molar-refractivity contribution in [2.24, 2.45) is 11.2 Å². The van der Waals surface area contributed by atoms with Gasteiger partial charge in [0.05, 0.1) is 24.2 Å². The summed E-state index contributed by atoms with van der Waals surface area (Å²) in [5, 5.41) is 24.3. The quantitative estimate of drug-likeness (QED) is 0.249. The van der Waals surface area contributed by atoms with Crippen LogP contribution in [0, 0.1) is 11.1 Å². The molecule has 114 valence electrons. The van der Waals surface area contributed by atoms with Crippen LogP contribution in [0.2, 0.25) is 0 Å². The number of carbonyl (C=O) groups is 2. The van der Waals surface area contributed by atoms with Crippen molar-refractivity contribution in [2.75, 3.05) is 13.1 Å². The van der Waals surface area contributed by atoms with Crippen LogP contribution in [0.25, 0.3) is 0 Å². The molecular formula is C10H17N3O7. The molecule has 0 amide bonds. The van der Waals surface area contributed by atoms with Crippen molar-refractivity contribution >= 4 is 12.1 Å². The highest BCUT2D eigenvalue weighted by Crippen LogP contribution is 2.15. The first-order valence-electron chi connectivity index (χ1n) is 5.98. The molecule has 1 aliphatic heterocycles. The smallest absolute Gasteiger partial charge is 0.511 e. The molecule has 0 aliphatic carbocycles. The van der Waals surface area contributed by atoms with Gasteiger partial charge in [-0.05, 0) is 13.8 Å². The third kappa shape index (κ3) is 4.78. The first kappa shape index (κ1) is 15.8. The number of hydrazine groups is 1. The average molecular weight is 291 g/mol. The average Bonchev–Trinajstić information content (AvgIpc) is 2.22. The molecule has 1 fully saturated rings. The second kappa shape index (κ2) is 6.78. The van der Waals surface area contributed by atoms with Gasteiger partial charge in [-0.2, -0.15) is 0 Å². The van der Waals surface area contributed by atoms with Crippen LogP contribution >= 0.6 is 0 Å². The van der Waals surface area contributed by atoms with E-state index in [2.05, 4.69) is 14.9 Å². The molecular weight excluding hydrogens is 274 g/mol. The minimum Gasteiger partial charge on any atom is -0.569 e. The minimum atomic E-state index is -1.10. The van der Waals surface area contributed by atoms with Crippen LogP contribution in [0.4, 0.5) is 4.79 Å². The normalized spacial score (nSPS) is 17.4. The molecule has 1 unspecified atom stereocenters. The second-order valence-electron chi connectivity index (χ2n) is 4.45. The number of hydrogen-bond acceptors (Lipinski definition) is 7. The van der Waals surface area contributed by atoms with E-state index < -0.39 is 24.3 Å². The highest BCUT2D eigenvalue weighted by Gasteiger charge is 2.38. The number of aliphatic carboxylic acids is 1. The third-order valence-electron chi connectivity index (χ3n) is 2.31. The van der Waals surface area contributed by atoms with Gasteiger partial charge >= 0.3 is 12.1 Å². The Morgan fingerprint density at radius 2 is 1.95 bits per heavy atom. The fraction of sp³-hybridized carbons (Fsp3) is 0.800. The second-order valence-corrected chi connectivity index (χ2v) is 4.45. The van der Waals surface area contributed by atoms with E-state index in [4.69, 9.17) is 9.84 Å². The monoisotopic (exact) mass is 291 g/mol. The summed E-state index contributed by atoms with van der Waals surface area (Å²) in [5.74, 6) is -1.56. The summed E-state index contributed by atoms with van der Waals surface area (Å²) in [7, 11) is 0. The fourth-order valence-electron chi connectivity index (χ4n) is 1.29. The van der Waals surface area contributed by atoms with Gasteiger partial charge in [0.15, 0.2) is 0 Å². The molecule has 1 heterocycles. The largest absolute Gasteiger partial charge is 0.569 e. The lowest BCUT2D eigenvalue weighted by Gasteiger charge is -2.31. The Labute approximate surface area is 115 Å². The molecule has 1 atom stereocenters.